The molecule has 0 bridgehead atoms. The van der Waals surface area contributed by atoms with E-state index in [1.807, 2.05) is 28.4 Å². The molecular weight excluding hydrogens is 290 g/mol. The molecule has 2 heterocycles. The van der Waals surface area contributed by atoms with E-state index in [1.54, 1.807) is 6.20 Å². The quantitative estimate of drug-likeness (QED) is 0.730. The molecule has 0 spiro atoms. The number of nitrogens with one attached hydrogen (secondary N) is 1. The molecular formula is C18H21N3S. The number of hydrogen-bond donors (Lipinski definition) is 1. The van der Waals surface area contributed by atoms with E-state index >= 15 is 0 Å². The molecule has 0 aliphatic carbocycles. The van der Waals surface area contributed by atoms with Crippen molar-refractivity contribution >= 4 is 11.3 Å². The van der Waals surface area contributed by atoms with Crippen LogP contribution in [0.5, 0.6) is 0 Å². The predicted octanol–water partition coefficient (Wildman–Crippen LogP) is 4.42. The fourth-order valence-corrected chi connectivity index (χ4v) is 3.53. The van der Waals surface area contributed by atoms with Crippen LogP contribution in [0, 0.1) is 5.92 Å². The summed E-state index contributed by atoms with van der Waals surface area (Å²) in [5, 5.41) is 5.83. The van der Waals surface area contributed by atoms with E-state index in [1.165, 1.54) is 10.4 Å². The zero-order valence-corrected chi connectivity index (χ0v) is 13.8. The van der Waals surface area contributed by atoms with E-state index < -0.39 is 0 Å². The second kappa shape index (κ2) is 6.90. The Hall–Kier alpha value is -1.91. The van der Waals surface area contributed by atoms with Gasteiger partial charge in [-0.25, -0.2) is 4.98 Å². The van der Waals surface area contributed by atoms with Crippen LogP contribution in [0.2, 0.25) is 0 Å². The van der Waals surface area contributed by atoms with E-state index in [0.717, 1.165) is 12.2 Å². The first kappa shape index (κ1) is 15.0. The highest BCUT2D eigenvalue weighted by molar-refractivity contribution is 7.10. The van der Waals surface area contributed by atoms with Gasteiger partial charge in [-0.15, -0.1) is 11.3 Å². The van der Waals surface area contributed by atoms with Gasteiger partial charge in [0.1, 0.15) is 0 Å². The second-order valence-corrected chi connectivity index (χ2v) is 6.73. The number of aromatic nitrogens is 2. The van der Waals surface area contributed by atoms with E-state index in [0.29, 0.717) is 12.0 Å². The fourth-order valence-electron chi connectivity index (χ4n) is 2.56. The normalized spacial score (nSPS) is 12.7. The highest BCUT2D eigenvalue weighted by Crippen LogP contribution is 2.26. The lowest BCUT2D eigenvalue weighted by atomic mass is 10.0. The minimum absolute atomic E-state index is 0.410. The molecule has 114 valence electrons. The van der Waals surface area contributed by atoms with Gasteiger partial charge in [0.25, 0.3) is 0 Å². The first-order valence-electron chi connectivity index (χ1n) is 7.58. The van der Waals surface area contributed by atoms with E-state index in [2.05, 4.69) is 65.9 Å². The van der Waals surface area contributed by atoms with Crippen LogP contribution in [0.3, 0.4) is 0 Å². The van der Waals surface area contributed by atoms with Gasteiger partial charge in [0.15, 0.2) is 0 Å². The molecule has 0 saturated heterocycles. The SMILES string of the molecule is CC(C)[C@H](NCc1ccc(-n2ccnc2)cc1)c1cccs1. The number of rotatable bonds is 6. The summed E-state index contributed by atoms with van der Waals surface area (Å²) in [6.07, 6.45) is 5.57. The highest BCUT2D eigenvalue weighted by Gasteiger charge is 2.15. The number of thiophene rings is 1. The topological polar surface area (TPSA) is 29.9 Å². The van der Waals surface area contributed by atoms with Gasteiger partial charge in [-0.05, 0) is 35.1 Å². The molecule has 0 amide bonds. The van der Waals surface area contributed by atoms with Crippen LogP contribution in [0.1, 0.15) is 30.3 Å². The molecule has 0 fully saturated rings. The lowest BCUT2D eigenvalue weighted by Crippen LogP contribution is -2.24. The highest BCUT2D eigenvalue weighted by atomic mass is 32.1. The first-order valence-corrected chi connectivity index (χ1v) is 8.46. The van der Waals surface area contributed by atoms with Crippen molar-refractivity contribution in [1.82, 2.24) is 14.9 Å². The minimum Gasteiger partial charge on any atom is -0.306 e. The number of hydrogen-bond acceptors (Lipinski definition) is 3. The van der Waals surface area contributed by atoms with Gasteiger partial charge in [-0.2, -0.15) is 0 Å². The molecule has 0 saturated carbocycles. The molecule has 3 aromatic rings. The Morgan fingerprint density at radius 2 is 2.00 bits per heavy atom. The molecule has 0 unspecified atom stereocenters. The maximum atomic E-state index is 4.08. The third-order valence-corrected chi connectivity index (χ3v) is 4.74. The molecule has 4 heteroatoms. The molecule has 0 aliphatic rings. The number of benzene rings is 1. The third-order valence-electron chi connectivity index (χ3n) is 3.78. The monoisotopic (exact) mass is 311 g/mol. The molecule has 1 atom stereocenters. The van der Waals surface area contributed by atoms with Gasteiger partial charge in [-0.3, -0.25) is 0 Å². The van der Waals surface area contributed by atoms with Crippen LogP contribution in [0.4, 0.5) is 0 Å². The molecule has 0 aliphatic heterocycles. The van der Waals surface area contributed by atoms with Crippen molar-refractivity contribution in [2.24, 2.45) is 5.92 Å². The summed E-state index contributed by atoms with van der Waals surface area (Å²) in [6, 6.07) is 13.4. The van der Waals surface area contributed by atoms with E-state index in [-0.39, 0.29) is 0 Å². The third kappa shape index (κ3) is 3.46. The summed E-state index contributed by atoms with van der Waals surface area (Å²) in [5.41, 5.74) is 2.44. The van der Waals surface area contributed by atoms with Gasteiger partial charge in [0, 0.05) is 35.5 Å². The minimum atomic E-state index is 0.410. The Balaban J connectivity index is 1.65. The molecule has 3 nitrogen and oxygen atoms in total. The summed E-state index contributed by atoms with van der Waals surface area (Å²) in [6.45, 7) is 5.41. The summed E-state index contributed by atoms with van der Waals surface area (Å²) >= 11 is 1.82. The number of imidazole rings is 1. The van der Waals surface area contributed by atoms with E-state index in [9.17, 15) is 0 Å². The Labute approximate surface area is 135 Å². The van der Waals surface area contributed by atoms with Crippen LogP contribution >= 0.6 is 11.3 Å². The van der Waals surface area contributed by atoms with Crippen molar-refractivity contribution in [2.45, 2.75) is 26.4 Å². The zero-order chi connectivity index (χ0) is 15.4. The van der Waals surface area contributed by atoms with Crippen molar-refractivity contribution < 1.29 is 0 Å². The molecule has 2 aromatic heterocycles. The van der Waals surface area contributed by atoms with Crippen molar-refractivity contribution in [2.75, 3.05) is 0 Å². The second-order valence-electron chi connectivity index (χ2n) is 5.75. The Kier molecular flexibility index (Phi) is 4.71. The Morgan fingerprint density at radius 1 is 1.18 bits per heavy atom. The molecule has 1 aromatic carbocycles. The van der Waals surface area contributed by atoms with Crippen LogP contribution < -0.4 is 5.32 Å². The standard InChI is InChI=1S/C18H21N3S/c1-14(2)18(17-4-3-11-22-17)20-12-15-5-7-16(8-6-15)21-10-9-19-13-21/h3-11,13-14,18,20H,12H2,1-2H3/t18-/m0/s1. The lowest BCUT2D eigenvalue weighted by molar-refractivity contribution is 0.416. The van der Waals surface area contributed by atoms with Crippen LogP contribution in [0.25, 0.3) is 5.69 Å². The van der Waals surface area contributed by atoms with Gasteiger partial charge in [0.2, 0.25) is 0 Å². The van der Waals surface area contributed by atoms with Crippen LogP contribution in [-0.4, -0.2) is 9.55 Å². The molecule has 1 N–H and O–H groups in total. The van der Waals surface area contributed by atoms with Crippen molar-refractivity contribution in [3.63, 3.8) is 0 Å². The Morgan fingerprint density at radius 3 is 2.59 bits per heavy atom. The van der Waals surface area contributed by atoms with Gasteiger partial charge in [-0.1, -0.05) is 32.0 Å². The van der Waals surface area contributed by atoms with Gasteiger partial charge in [0.05, 0.1) is 6.33 Å². The largest absolute Gasteiger partial charge is 0.306 e. The average Bonchev–Trinajstić information content (AvgIpc) is 3.21. The van der Waals surface area contributed by atoms with Crippen LogP contribution in [0.15, 0.2) is 60.5 Å². The van der Waals surface area contributed by atoms with Crippen molar-refractivity contribution in [3.05, 3.63) is 70.9 Å². The summed E-state index contributed by atoms with van der Waals surface area (Å²) in [4.78, 5) is 5.49. The predicted molar refractivity (Wildman–Crippen MR) is 92.3 cm³/mol. The maximum absolute atomic E-state index is 4.08. The van der Waals surface area contributed by atoms with Crippen LogP contribution in [-0.2, 0) is 6.54 Å². The molecule has 0 radical (unpaired) electrons. The van der Waals surface area contributed by atoms with Crippen molar-refractivity contribution in [1.29, 1.82) is 0 Å². The summed E-state index contributed by atoms with van der Waals surface area (Å²) in [7, 11) is 0. The Bertz CT molecular complexity index is 670. The van der Waals surface area contributed by atoms with Gasteiger partial charge < -0.3 is 9.88 Å². The fraction of sp³-hybridized carbons (Fsp3) is 0.278. The maximum Gasteiger partial charge on any atom is 0.0991 e. The summed E-state index contributed by atoms with van der Waals surface area (Å²) < 4.78 is 2.01. The molecule has 22 heavy (non-hydrogen) atoms. The number of nitrogens with zero attached hydrogens (tertiary/aromatic N) is 2. The summed E-state index contributed by atoms with van der Waals surface area (Å²) in [5.74, 6) is 0.573. The smallest absolute Gasteiger partial charge is 0.0991 e. The van der Waals surface area contributed by atoms with Gasteiger partial charge >= 0.3 is 0 Å². The first-order chi connectivity index (χ1) is 10.7. The average molecular weight is 311 g/mol. The zero-order valence-electron chi connectivity index (χ0n) is 12.9. The lowest BCUT2D eigenvalue weighted by Gasteiger charge is -2.21. The molecule has 3 rings (SSSR count). The van der Waals surface area contributed by atoms with E-state index in [4.69, 9.17) is 0 Å². The van der Waals surface area contributed by atoms with Crippen molar-refractivity contribution in [3.8, 4) is 5.69 Å².